The molecule has 2 rings (SSSR count). The lowest BCUT2D eigenvalue weighted by Crippen LogP contribution is -2.41. The molecule has 2 atom stereocenters. The van der Waals surface area contributed by atoms with Gasteiger partial charge in [-0.25, -0.2) is 4.98 Å². The summed E-state index contributed by atoms with van der Waals surface area (Å²) in [5.41, 5.74) is 6.83. The predicted molar refractivity (Wildman–Crippen MR) is 67.3 cm³/mol. The first-order chi connectivity index (χ1) is 7.70. The molecule has 1 fully saturated rings. The summed E-state index contributed by atoms with van der Waals surface area (Å²) >= 11 is 0. The fourth-order valence-electron chi connectivity index (χ4n) is 2.35. The van der Waals surface area contributed by atoms with Gasteiger partial charge in [-0.3, -0.25) is 0 Å². The van der Waals surface area contributed by atoms with E-state index < -0.39 is 0 Å². The molecule has 1 aromatic rings. The first kappa shape index (κ1) is 11.4. The predicted octanol–water partition coefficient (Wildman–Crippen LogP) is 2.17. The topological polar surface area (TPSA) is 42.1 Å². The van der Waals surface area contributed by atoms with Gasteiger partial charge in [-0.2, -0.15) is 0 Å². The minimum Gasteiger partial charge on any atom is -0.354 e. The molecule has 0 aromatic carbocycles. The first-order valence-corrected chi connectivity index (χ1v) is 6.12. The fourth-order valence-corrected chi connectivity index (χ4v) is 2.35. The molecule has 1 saturated heterocycles. The lowest BCUT2D eigenvalue weighted by Gasteiger charge is -2.37. The molecule has 1 aliphatic heterocycles. The van der Waals surface area contributed by atoms with Gasteiger partial charge in [0.1, 0.15) is 5.82 Å². The van der Waals surface area contributed by atoms with Crippen LogP contribution in [0.4, 0.5) is 5.82 Å². The Balaban J connectivity index is 2.20. The molecule has 0 radical (unpaired) electrons. The van der Waals surface area contributed by atoms with E-state index >= 15 is 0 Å². The average Bonchev–Trinajstić information content (AvgIpc) is 2.32. The van der Waals surface area contributed by atoms with Crippen molar-refractivity contribution < 1.29 is 0 Å². The lowest BCUT2D eigenvalue weighted by atomic mass is 9.95. The molecule has 3 nitrogen and oxygen atoms in total. The van der Waals surface area contributed by atoms with Crippen molar-refractivity contribution in [3.05, 3.63) is 23.9 Å². The molecular weight excluding hydrogens is 198 g/mol. The maximum Gasteiger partial charge on any atom is 0.129 e. The molecule has 2 unspecified atom stereocenters. The van der Waals surface area contributed by atoms with Gasteiger partial charge in [-0.05, 0) is 43.4 Å². The number of nitrogens with zero attached hydrogens (tertiary/aromatic N) is 2. The molecule has 0 aliphatic carbocycles. The Morgan fingerprint density at radius 3 is 3.00 bits per heavy atom. The average molecular weight is 219 g/mol. The third kappa shape index (κ3) is 2.35. The minimum atomic E-state index is 0.591. The molecule has 3 heteroatoms. The molecule has 1 aliphatic rings. The maximum atomic E-state index is 5.66. The second-order valence-electron chi connectivity index (χ2n) is 4.91. The molecule has 1 aromatic heterocycles. The summed E-state index contributed by atoms with van der Waals surface area (Å²) in [5, 5.41) is 0. The quantitative estimate of drug-likeness (QED) is 0.829. The van der Waals surface area contributed by atoms with Gasteiger partial charge in [-0.1, -0.05) is 6.92 Å². The fraction of sp³-hybridized carbons (Fsp3) is 0.615. The number of hydrogen-bond acceptors (Lipinski definition) is 3. The van der Waals surface area contributed by atoms with Crippen molar-refractivity contribution in [3.8, 4) is 0 Å². The largest absolute Gasteiger partial charge is 0.354 e. The monoisotopic (exact) mass is 219 g/mol. The number of pyridine rings is 1. The highest BCUT2D eigenvalue weighted by molar-refractivity contribution is 5.42. The van der Waals surface area contributed by atoms with Crippen LogP contribution in [0.1, 0.15) is 32.3 Å². The summed E-state index contributed by atoms with van der Waals surface area (Å²) in [7, 11) is 0. The van der Waals surface area contributed by atoms with Crippen molar-refractivity contribution in [2.24, 2.45) is 11.7 Å². The van der Waals surface area contributed by atoms with Crippen LogP contribution in [0.15, 0.2) is 18.3 Å². The highest BCUT2D eigenvalue weighted by Crippen LogP contribution is 2.26. The maximum absolute atomic E-state index is 5.66. The third-order valence-electron chi connectivity index (χ3n) is 3.46. The number of hydrogen-bond donors (Lipinski definition) is 1. The van der Waals surface area contributed by atoms with E-state index in [1.54, 1.807) is 0 Å². The number of rotatable bonds is 2. The van der Waals surface area contributed by atoms with E-state index in [1.807, 2.05) is 12.3 Å². The van der Waals surface area contributed by atoms with Crippen molar-refractivity contribution in [1.82, 2.24) is 4.98 Å². The Labute approximate surface area is 97.7 Å². The van der Waals surface area contributed by atoms with Gasteiger partial charge in [0.25, 0.3) is 0 Å². The van der Waals surface area contributed by atoms with Crippen LogP contribution in [-0.2, 0) is 6.54 Å². The van der Waals surface area contributed by atoms with Gasteiger partial charge in [0.2, 0.25) is 0 Å². The summed E-state index contributed by atoms with van der Waals surface area (Å²) in [6.07, 6.45) is 4.45. The summed E-state index contributed by atoms with van der Waals surface area (Å²) in [6, 6.07) is 4.70. The van der Waals surface area contributed by atoms with E-state index in [9.17, 15) is 0 Å². The van der Waals surface area contributed by atoms with Gasteiger partial charge in [0.15, 0.2) is 0 Å². The lowest BCUT2D eigenvalue weighted by molar-refractivity contribution is 0.388. The minimum absolute atomic E-state index is 0.591. The zero-order valence-corrected chi connectivity index (χ0v) is 10.2. The highest BCUT2D eigenvalue weighted by atomic mass is 15.2. The molecule has 2 heterocycles. The summed E-state index contributed by atoms with van der Waals surface area (Å²) in [4.78, 5) is 6.88. The number of nitrogens with two attached hydrogens (primary N) is 1. The van der Waals surface area contributed by atoms with Crippen molar-refractivity contribution in [3.63, 3.8) is 0 Å². The highest BCUT2D eigenvalue weighted by Gasteiger charge is 2.23. The van der Waals surface area contributed by atoms with Gasteiger partial charge >= 0.3 is 0 Å². The Morgan fingerprint density at radius 1 is 1.44 bits per heavy atom. The van der Waals surface area contributed by atoms with Crippen LogP contribution < -0.4 is 10.6 Å². The van der Waals surface area contributed by atoms with Crippen molar-refractivity contribution in [2.45, 2.75) is 39.3 Å². The van der Waals surface area contributed by atoms with E-state index in [0.29, 0.717) is 12.6 Å². The van der Waals surface area contributed by atoms with E-state index in [4.69, 9.17) is 5.73 Å². The van der Waals surface area contributed by atoms with Gasteiger partial charge in [-0.15, -0.1) is 0 Å². The van der Waals surface area contributed by atoms with Crippen LogP contribution in [0, 0.1) is 5.92 Å². The van der Waals surface area contributed by atoms with E-state index in [1.165, 1.54) is 12.8 Å². The molecule has 16 heavy (non-hydrogen) atoms. The van der Waals surface area contributed by atoms with Gasteiger partial charge in [0.05, 0.1) is 0 Å². The van der Waals surface area contributed by atoms with Crippen LogP contribution in [0.3, 0.4) is 0 Å². The van der Waals surface area contributed by atoms with Crippen LogP contribution in [0.25, 0.3) is 0 Å². The number of anilines is 1. The van der Waals surface area contributed by atoms with Crippen molar-refractivity contribution >= 4 is 5.82 Å². The zero-order chi connectivity index (χ0) is 11.5. The second-order valence-corrected chi connectivity index (χ2v) is 4.91. The van der Waals surface area contributed by atoms with E-state index in [-0.39, 0.29) is 0 Å². The smallest absolute Gasteiger partial charge is 0.129 e. The van der Waals surface area contributed by atoms with E-state index in [0.717, 1.165) is 23.8 Å². The van der Waals surface area contributed by atoms with Crippen molar-refractivity contribution in [1.29, 1.82) is 0 Å². The van der Waals surface area contributed by atoms with Crippen molar-refractivity contribution in [2.75, 3.05) is 11.4 Å². The molecule has 0 bridgehead atoms. The molecule has 88 valence electrons. The Morgan fingerprint density at radius 2 is 2.25 bits per heavy atom. The summed E-state index contributed by atoms with van der Waals surface area (Å²) < 4.78 is 0. The Bertz CT molecular complexity index is 351. The molecular formula is C13H21N3. The first-order valence-electron chi connectivity index (χ1n) is 6.12. The molecule has 0 amide bonds. The van der Waals surface area contributed by atoms with E-state index in [2.05, 4.69) is 29.8 Å². The number of aromatic nitrogens is 1. The molecule has 0 saturated carbocycles. The van der Waals surface area contributed by atoms with Gasteiger partial charge < -0.3 is 10.6 Å². The summed E-state index contributed by atoms with van der Waals surface area (Å²) in [5.74, 6) is 1.85. The summed E-state index contributed by atoms with van der Waals surface area (Å²) in [6.45, 7) is 6.30. The second kappa shape index (κ2) is 4.83. The van der Waals surface area contributed by atoms with Crippen LogP contribution in [0.5, 0.6) is 0 Å². The van der Waals surface area contributed by atoms with Crippen LogP contribution in [0.2, 0.25) is 0 Å². The van der Waals surface area contributed by atoms with Gasteiger partial charge in [0, 0.05) is 25.3 Å². The standard InChI is InChI=1S/C13H21N3/c1-10-3-4-11(2)16(9-10)13-7-12(8-14)5-6-15-13/h5-7,10-11H,3-4,8-9,14H2,1-2H3. The normalized spacial score (nSPS) is 25.8. The third-order valence-corrected chi connectivity index (χ3v) is 3.46. The van der Waals surface area contributed by atoms with Crippen LogP contribution in [-0.4, -0.2) is 17.6 Å². The Hall–Kier alpha value is -1.09. The zero-order valence-electron chi connectivity index (χ0n) is 10.2. The Kier molecular flexibility index (Phi) is 3.44. The SMILES string of the molecule is CC1CCC(C)N(c2cc(CN)ccn2)C1. The number of piperidine rings is 1. The molecule has 2 N–H and O–H groups in total. The molecule has 0 spiro atoms. The van der Waals surface area contributed by atoms with Crippen LogP contribution >= 0.6 is 0 Å².